The smallest absolute Gasteiger partial charge is 0.313 e. The molecule has 0 aromatic rings. The number of aliphatic hydroxyl groups is 1. The minimum absolute atomic E-state index is 0.100. The lowest BCUT2D eigenvalue weighted by Gasteiger charge is -2.59. The van der Waals surface area contributed by atoms with Gasteiger partial charge in [-0.05, 0) is 73.2 Å². The molecule has 32 heavy (non-hydrogen) atoms. The molecule has 0 radical (unpaired) electrons. The molecule has 0 spiro atoms. The Kier molecular flexibility index (Phi) is 6.07. The summed E-state index contributed by atoms with van der Waals surface area (Å²) >= 11 is 0. The van der Waals surface area contributed by atoms with E-state index in [0.717, 1.165) is 25.7 Å². The van der Waals surface area contributed by atoms with Crippen molar-refractivity contribution in [2.45, 2.75) is 77.7 Å². The third kappa shape index (κ3) is 3.82. The Bertz CT molecular complexity index is 860. The number of carboxylic acids is 1. The van der Waals surface area contributed by atoms with E-state index < -0.39 is 18.0 Å². The van der Waals surface area contributed by atoms with Crippen LogP contribution < -0.4 is 0 Å². The monoisotopic (exact) mass is 446 g/mol. The highest BCUT2D eigenvalue weighted by molar-refractivity contribution is 5.97. The second-order valence-corrected chi connectivity index (χ2v) is 10.8. The molecule has 0 amide bonds. The molecule has 0 aliphatic heterocycles. The zero-order valence-corrected chi connectivity index (χ0v) is 19.0. The summed E-state index contributed by atoms with van der Waals surface area (Å²) in [5, 5.41) is 20.0. The van der Waals surface area contributed by atoms with Gasteiger partial charge in [-0.3, -0.25) is 19.2 Å². The van der Waals surface area contributed by atoms with E-state index in [1.54, 1.807) is 0 Å². The van der Waals surface area contributed by atoms with Crippen LogP contribution in [0.5, 0.6) is 0 Å². The number of esters is 1. The van der Waals surface area contributed by atoms with Crippen LogP contribution in [0.1, 0.15) is 71.6 Å². The molecule has 4 aliphatic rings. The number of ether oxygens (including phenoxy) is 1. The number of ketones is 2. The molecule has 0 heterocycles. The predicted molar refractivity (Wildman–Crippen MR) is 114 cm³/mol. The van der Waals surface area contributed by atoms with Gasteiger partial charge in [0.25, 0.3) is 0 Å². The Morgan fingerprint density at radius 1 is 1.16 bits per heavy atom. The van der Waals surface area contributed by atoms with Crippen LogP contribution in [0.4, 0.5) is 0 Å². The van der Waals surface area contributed by atoms with Gasteiger partial charge < -0.3 is 14.9 Å². The zero-order valence-electron chi connectivity index (χ0n) is 19.0. The van der Waals surface area contributed by atoms with Gasteiger partial charge in [-0.1, -0.05) is 19.4 Å². The van der Waals surface area contributed by atoms with E-state index in [-0.39, 0.29) is 53.7 Å². The molecular formula is C25H34O7. The van der Waals surface area contributed by atoms with Gasteiger partial charge in [0.1, 0.15) is 18.8 Å². The van der Waals surface area contributed by atoms with Crippen LogP contribution >= 0.6 is 0 Å². The molecule has 0 bridgehead atoms. The third-order valence-corrected chi connectivity index (χ3v) is 9.18. The number of carbonyl (C=O) groups is 4. The van der Waals surface area contributed by atoms with Gasteiger partial charge in [0.2, 0.25) is 0 Å². The van der Waals surface area contributed by atoms with Crippen LogP contribution in [0.25, 0.3) is 0 Å². The molecule has 0 aromatic carbocycles. The van der Waals surface area contributed by atoms with Crippen molar-refractivity contribution >= 4 is 23.5 Å². The number of hydrogen-bond donors (Lipinski definition) is 2. The molecule has 4 aliphatic carbocycles. The highest BCUT2D eigenvalue weighted by Crippen LogP contribution is 2.66. The van der Waals surface area contributed by atoms with E-state index in [1.807, 2.05) is 6.08 Å². The molecule has 7 nitrogen and oxygen atoms in total. The molecule has 3 fully saturated rings. The largest absolute Gasteiger partial charge is 0.481 e. The van der Waals surface area contributed by atoms with Crippen LogP contribution in [0.2, 0.25) is 0 Å². The number of allylic oxidation sites excluding steroid dienone is 1. The van der Waals surface area contributed by atoms with Crippen LogP contribution in [-0.4, -0.2) is 46.4 Å². The number of aliphatic hydroxyl groups excluding tert-OH is 1. The Morgan fingerprint density at radius 2 is 1.91 bits per heavy atom. The van der Waals surface area contributed by atoms with Crippen molar-refractivity contribution in [2.24, 2.45) is 34.5 Å². The Labute approximate surface area is 188 Å². The first kappa shape index (κ1) is 23.1. The quantitative estimate of drug-likeness (QED) is 0.475. The van der Waals surface area contributed by atoms with E-state index in [0.29, 0.717) is 31.1 Å². The maximum absolute atomic E-state index is 13.1. The molecule has 7 unspecified atom stereocenters. The van der Waals surface area contributed by atoms with Crippen molar-refractivity contribution in [2.75, 3.05) is 6.61 Å². The molecule has 2 N–H and O–H groups in total. The SMILES string of the molecule is CC12CCC(=O)C=C1CCC1C2C(O)CC2(C)C(C(=O)CC(=O)OCCC(=O)O)CCC12. The standard InChI is InChI=1S/C25H34O7/c1-24-9-7-15(26)11-14(24)3-4-16-17-5-6-18(25(17,2)13-20(28)23(16)24)19(27)12-22(31)32-10-8-21(29)30/h11,16-18,20,23,28H,3-10,12-13H2,1-2H3,(H,29,30). The number of aliphatic carboxylic acids is 1. The number of hydrogen-bond acceptors (Lipinski definition) is 6. The Hall–Kier alpha value is -2.02. The fourth-order valence-corrected chi connectivity index (χ4v) is 7.78. The average molecular weight is 447 g/mol. The van der Waals surface area contributed by atoms with E-state index >= 15 is 0 Å². The molecule has 7 atom stereocenters. The van der Waals surface area contributed by atoms with Gasteiger partial charge >= 0.3 is 11.9 Å². The van der Waals surface area contributed by atoms with Crippen LogP contribution in [0.15, 0.2) is 11.6 Å². The maximum Gasteiger partial charge on any atom is 0.313 e. The molecule has 4 rings (SSSR count). The Balaban J connectivity index is 1.49. The molecule has 0 saturated heterocycles. The molecule has 0 aromatic heterocycles. The zero-order chi connectivity index (χ0) is 23.3. The summed E-state index contributed by atoms with van der Waals surface area (Å²) in [6.45, 7) is 4.07. The van der Waals surface area contributed by atoms with Crippen molar-refractivity contribution in [3.05, 3.63) is 11.6 Å². The summed E-state index contributed by atoms with van der Waals surface area (Å²) in [5.41, 5.74) is 0.668. The van der Waals surface area contributed by atoms with Crippen molar-refractivity contribution in [3.63, 3.8) is 0 Å². The number of rotatable bonds is 6. The minimum atomic E-state index is -1.05. The summed E-state index contributed by atoms with van der Waals surface area (Å²) in [6, 6.07) is 0. The van der Waals surface area contributed by atoms with Crippen molar-refractivity contribution in [1.29, 1.82) is 0 Å². The van der Waals surface area contributed by atoms with Gasteiger partial charge in [0, 0.05) is 12.3 Å². The molecule has 7 heteroatoms. The highest BCUT2D eigenvalue weighted by atomic mass is 16.5. The second-order valence-electron chi connectivity index (χ2n) is 10.8. The third-order valence-electron chi connectivity index (χ3n) is 9.18. The van der Waals surface area contributed by atoms with Gasteiger partial charge in [0.05, 0.1) is 12.5 Å². The fourth-order valence-electron chi connectivity index (χ4n) is 7.78. The van der Waals surface area contributed by atoms with Crippen LogP contribution in [-0.2, 0) is 23.9 Å². The van der Waals surface area contributed by atoms with Gasteiger partial charge in [-0.2, -0.15) is 0 Å². The fraction of sp³-hybridized carbons (Fsp3) is 0.760. The van der Waals surface area contributed by atoms with Gasteiger partial charge in [-0.25, -0.2) is 0 Å². The van der Waals surface area contributed by atoms with E-state index in [9.17, 15) is 24.3 Å². The lowest BCUT2D eigenvalue weighted by molar-refractivity contribution is -0.152. The molecular weight excluding hydrogens is 412 g/mol. The first-order valence-corrected chi connectivity index (χ1v) is 11.9. The van der Waals surface area contributed by atoms with Crippen molar-refractivity contribution < 1.29 is 34.1 Å². The summed E-state index contributed by atoms with van der Waals surface area (Å²) in [4.78, 5) is 47.7. The number of carbonyl (C=O) groups excluding carboxylic acids is 3. The van der Waals surface area contributed by atoms with Crippen LogP contribution in [0, 0.1) is 34.5 Å². The van der Waals surface area contributed by atoms with E-state index in [1.165, 1.54) is 5.57 Å². The topological polar surface area (TPSA) is 118 Å². The number of carboxylic acid groups (broad SMARTS) is 1. The Morgan fingerprint density at radius 3 is 2.62 bits per heavy atom. The first-order valence-electron chi connectivity index (χ1n) is 11.9. The summed E-state index contributed by atoms with van der Waals surface area (Å²) in [5.74, 6) is -1.29. The van der Waals surface area contributed by atoms with Crippen molar-refractivity contribution in [3.8, 4) is 0 Å². The predicted octanol–water partition coefficient (Wildman–Crippen LogP) is 3.08. The van der Waals surface area contributed by atoms with Crippen molar-refractivity contribution in [1.82, 2.24) is 0 Å². The second kappa shape index (κ2) is 8.40. The lowest BCUT2D eigenvalue weighted by Crippen LogP contribution is -2.57. The molecule has 3 saturated carbocycles. The van der Waals surface area contributed by atoms with E-state index in [2.05, 4.69) is 13.8 Å². The summed E-state index contributed by atoms with van der Waals surface area (Å²) in [6.07, 6.45) is 5.90. The summed E-state index contributed by atoms with van der Waals surface area (Å²) < 4.78 is 4.92. The minimum Gasteiger partial charge on any atom is -0.481 e. The van der Waals surface area contributed by atoms with Gasteiger partial charge in [-0.15, -0.1) is 0 Å². The number of Topliss-reactive ketones (excluding diaryl/α,β-unsaturated/α-hetero) is 1. The first-order chi connectivity index (χ1) is 15.1. The highest BCUT2D eigenvalue weighted by Gasteiger charge is 2.62. The van der Waals surface area contributed by atoms with Crippen LogP contribution in [0.3, 0.4) is 0 Å². The normalized spacial score (nSPS) is 40.5. The van der Waals surface area contributed by atoms with Gasteiger partial charge in [0.15, 0.2) is 5.78 Å². The van der Waals surface area contributed by atoms with E-state index in [4.69, 9.17) is 9.84 Å². The molecule has 176 valence electrons. The maximum atomic E-state index is 13.1. The lowest BCUT2D eigenvalue weighted by atomic mass is 9.46. The number of fused-ring (bicyclic) bond motifs is 5. The average Bonchev–Trinajstić information content (AvgIpc) is 3.04. The summed E-state index contributed by atoms with van der Waals surface area (Å²) in [7, 11) is 0.